The Morgan fingerprint density at radius 2 is 1.71 bits per heavy atom. The molecular weight excluding hydrogens is 388 g/mol. The van der Waals surface area contributed by atoms with E-state index >= 15 is 0 Å². The number of likely N-dealkylation sites (tertiary alicyclic amines) is 1. The molecule has 0 radical (unpaired) electrons. The van der Waals surface area contributed by atoms with Crippen LogP contribution < -0.4 is 10.2 Å². The van der Waals surface area contributed by atoms with Gasteiger partial charge in [0.2, 0.25) is 0 Å². The molecule has 4 aliphatic rings. The van der Waals surface area contributed by atoms with Gasteiger partial charge in [-0.05, 0) is 50.9 Å². The molecule has 7 nitrogen and oxygen atoms in total. The van der Waals surface area contributed by atoms with Crippen LogP contribution in [-0.4, -0.2) is 64.6 Å². The van der Waals surface area contributed by atoms with Crippen LogP contribution >= 0.6 is 0 Å². The van der Waals surface area contributed by atoms with Gasteiger partial charge in [-0.3, -0.25) is 15.1 Å². The number of carbonyl (C=O) groups excluding carboxylic acids is 1. The van der Waals surface area contributed by atoms with E-state index in [0.717, 1.165) is 57.4 Å². The van der Waals surface area contributed by atoms with E-state index in [0.29, 0.717) is 11.7 Å². The van der Waals surface area contributed by atoms with E-state index in [9.17, 15) is 4.79 Å². The number of fused-ring (bicyclic) bond motifs is 1. The molecule has 2 amide bonds. The first-order valence-corrected chi connectivity index (χ1v) is 12.4. The number of piperidine rings is 1. The van der Waals surface area contributed by atoms with Gasteiger partial charge in [0.15, 0.2) is 0 Å². The maximum atomic E-state index is 13.0. The van der Waals surface area contributed by atoms with Gasteiger partial charge in [-0.25, -0.2) is 14.8 Å². The van der Waals surface area contributed by atoms with E-state index in [4.69, 9.17) is 0 Å². The molecule has 168 valence electrons. The van der Waals surface area contributed by atoms with Gasteiger partial charge in [-0.2, -0.15) is 0 Å². The van der Waals surface area contributed by atoms with E-state index in [2.05, 4.69) is 31.2 Å². The highest BCUT2D eigenvalue weighted by Gasteiger charge is 2.31. The average Bonchev–Trinajstić information content (AvgIpc) is 2.84. The molecule has 5 rings (SSSR count). The molecule has 1 atom stereocenters. The van der Waals surface area contributed by atoms with Crippen molar-refractivity contribution in [3.05, 3.63) is 24.2 Å². The quantitative estimate of drug-likeness (QED) is 0.786. The Bertz CT molecular complexity index is 797. The number of urea groups is 1. The minimum Gasteiger partial charge on any atom is -0.354 e. The van der Waals surface area contributed by atoms with Crippen molar-refractivity contribution in [1.29, 1.82) is 0 Å². The number of aromatic nitrogens is 2. The molecule has 2 aliphatic heterocycles. The summed E-state index contributed by atoms with van der Waals surface area (Å²) in [6.45, 7) is 4.97. The Kier molecular flexibility index (Phi) is 6.39. The third-order valence-electron chi connectivity index (χ3n) is 7.64. The Labute approximate surface area is 185 Å². The van der Waals surface area contributed by atoms with Crippen LogP contribution in [0, 0.1) is 5.92 Å². The molecule has 0 bridgehead atoms. The summed E-state index contributed by atoms with van der Waals surface area (Å²) in [6.07, 6.45) is 16.6. The lowest BCUT2D eigenvalue weighted by Gasteiger charge is -2.41. The van der Waals surface area contributed by atoms with Gasteiger partial charge in [-0.15, -0.1) is 0 Å². The summed E-state index contributed by atoms with van der Waals surface area (Å²) >= 11 is 0. The van der Waals surface area contributed by atoms with E-state index in [1.165, 1.54) is 57.1 Å². The molecule has 31 heavy (non-hydrogen) atoms. The predicted octanol–water partition coefficient (Wildman–Crippen LogP) is 4.24. The van der Waals surface area contributed by atoms with Gasteiger partial charge in [0, 0.05) is 50.5 Å². The molecule has 2 aliphatic carbocycles. The van der Waals surface area contributed by atoms with Crippen LogP contribution in [0.5, 0.6) is 0 Å². The summed E-state index contributed by atoms with van der Waals surface area (Å²) in [6, 6.07) is 2.66. The second-order valence-electron chi connectivity index (χ2n) is 9.56. The molecule has 2 saturated heterocycles. The standard InChI is InChI=1S/C24H36N6O/c31-24(30-12-6-8-19-7-4-5-11-21(19)30)27-22-17-23(26-18-25-22)29-15-13-28(14-16-29)20-9-2-1-3-10-20/h11,17-20H,1-10,12-16H2,(H,25,26,27,31). The first-order chi connectivity index (χ1) is 15.3. The fraction of sp³-hybridized carbons (Fsp3) is 0.708. The number of hydrogen-bond donors (Lipinski definition) is 1. The number of nitrogens with zero attached hydrogens (tertiary/aromatic N) is 5. The van der Waals surface area contributed by atoms with Crippen LogP contribution in [0.25, 0.3) is 0 Å². The van der Waals surface area contributed by atoms with Crippen molar-refractivity contribution in [3.8, 4) is 0 Å². The lowest BCUT2D eigenvalue weighted by Crippen LogP contribution is -2.51. The normalized spacial score (nSPS) is 25.7. The summed E-state index contributed by atoms with van der Waals surface area (Å²) in [5.74, 6) is 2.07. The molecule has 1 N–H and O–H groups in total. The van der Waals surface area contributed by atoms with Crippen LogP contribution in [-0.2, 0) is 0 Å². The summed E-state index contributed by atoms with van der Waals surface area (Å²) in [5.41, 5.74) is 1.23. The number of amides is 2. The number of piperazine rings is 1. The summed E-state index contributed by atoms with van der Waals surface area (Å²) in [5, 5.41) is 3.04. The third-order valence-corrected chi connectivity index (χ3v) is 7.64. The maximum absolute atomic E-state index is 13.0. The predicted molar refractivity (Wildman–Crippen MR) is 123 cm³/mol. The third kappa shape index (κ3) is 4.71. The fourth-order valence-electron chi connectivity index (χ4n) is 5.92. The van der Waals surface area contributed by atoms with E-state index in [-0.39, 0.29) is 6.03 Å². The second-order valence-corrected chi connectivity index (χ2v) is 9.56. The van der Waals surface area contributed by atoms with Gasteiger partial charge in [-0.1, -0.05) is 25.3 Å². The van der Waals surface area contributed by atoms with Crippen molar-refractivity contribution in [2.45, 2.75) is 70.3 Å². The maximum Gasteiger partial charge on any atom is 0.327 e. The van der Waals surface area contributed by atoms with Crippen molar-refractivity contribution in [2.24, 2.45) is 5.92 Å². The SMILES string of the molecule is O=C(Nc1cc(N2CCN(C3CCCCC3)CC2)ncn1)N1CCCC2CCCC=C21. The van der Waals surface area contributed by atoms with Crippen LogP contribution in [0.4, 0.5) is 16.4 Å². The second kappa shape index (κ2) is 9.55. The van der Waals surface area contributed by atoms with Crippen molar-refractivity contribution >= 4 is 17.7 Å². The van der Waals surface area contributed by atoms with Gasteiger partial charge in [0.1, 0.15) is 18.0 Å². The number of nitrogens with one attached hydrogen (secondary N) is 1. The lowest BCUT2D eigenvalue weighted by molar-refractivity contribution is 0.147. The summed E-state index contributed by atoms with van der Waals surface area (Å²) in [4.78, 5) is 28.8. The van der Waals surface area contributed by atoms with Gasteiger partial charge in [0.05, 0.1) is 0 Å². The zero-order valence-electron chi connectivity index (χ0n) is 18.6. The van der Waals surface area contributed by atoms with Crippen LogP contribution in [0.1, 0.15) is 64.2 Å². The monoisotopic (exact) mass is 424 g/mol. The Hall–Kier alpha value is -2.15. The van der Waals surface area contributed by atoms with E-state index < -0.39 is 0 Å². The first kappa shape index (κ1) is 20.7. The van der Waals surface area contributed by atoms with Gasteiger partial charge >= 0.3 is 6.03 Å². The summed E-state index contributed by atoms with van der Waals surface area (Å²) in [7, 11) is 0. The molecule has 1 saturated carbocycles. The van der Waals surface area contributed by atoms with Gasteiger partial charge in [0.25, 0.3) is 0 Å². The topological polar surface area (TPSA) is 64.6 Å². The van der Waals surface area contributed by atoms with Gasteiger partial charge < -0.3 is 4.90 Å². The number of rotatable bonds is 3. The molecule has 0 spiro atoms. The molecule has 1 unspecified atom stereocenters. The number of allylic oxidation sites excluding steroid dienone is 2. The smallest absolute Gasteiger partial charge is 0.327 e. The molecular formula is C24H36N6O. The molecule has 1 aromatic heterocycles. The van der Waals surface area contributed by atoms with E-state index in [1.54, 1.807) is 6.33 Å². The molecule has 7 heteroatoms. The van der Waals surface area contributed by atoms with Crippen molar-refractivity contribution in [1.82, 2.24) is 19.8 Å². The highest BCUT2D eigenvalue weighted by molar-refractivity contribution is 5.90. The number of anilines is 2. The highest BCUT2D eigenvalue weighted by atomic mass is 16.2. The number of carbonyl (C=O) groups is 1. The van der Waals surface area contributed by atoms with E-state index in [1.807, 2.05) is 11.0 Å². The van der Waals surface area contributed by atoms with Crippen LogP contribution in [0.3, 0.4) is 0 Å². The average molecular weight is 425 g/mol. The van der Waals surface area contributed by atoms with Crippen molar-refractivity contribution in [2.75, 3.05) is 42.9 Å². The van der Waals surface area contributed by atoms with Crippen molar-refractivity contribution < 1.29 is 4.79 Å². The molecule has 3 fully saturated rings. The lowest BCUT2D eigenvalue weighted by atomic mass is 9.85. The zero-order valence-corrected chi connectivity index (χ0v) is 18.6. The highest BCUT2D eigenvalue weighted by Crippen LogP contribution is 2.35. The number of hydrogen-bond acceptors (Lipinski definition) is 5. The fourth-order valence-corrected chi connectivity index (χ4v) is 5.92. The van der Waals surface area contributed by atoms with Crippen LogP contribution in [0.2, 0.25) is 0 Å². The largest absolute Gasteiger partial charge is 0.354 e. The Balaban J connectivity index is 1.19. The van der Waals surface area contributed by atoms with Crippen molar-refractivity contribution in [3.63, 3.8) is 0 Å². The molecule has 1 aromatic rings. The molecule has 0 aromatic carbocycles. The molecule has 3 heterocycles. The Morgan fingerprint density at radius 3 is 2.55 bits per heavy atom. The van der Waals surface area contributed by atoms with Crippen LogP contribution in [0.15, 0.2) is 24.2 Å². The first-order valence-electron chi connectivity index (χ1n) is 12.4. The Morgan fingerprint density at radius 1 is 0.903 bits per heavy atom. The summed E-state index contributed by atoms with van der Waals surface area (Å²) < 4.78 is 0. The zero-order chi connectivity index (χ0) is 21.0. The minimum atomic E-state index is -0.0513. The minimum absolute atomic E-state index is 0.0513.